The van der Waals surface area contributed by atoms with Crippen molar-refractivity contribution in [2.24, 2.45) is 5.41 Å². The molecule has 0 spiro atoms. The Morgan fingerprint density at radius 1 is 1.38 bits per heavy atom. The van der Waals surface area contributed by atoms with Crippen LogP contribution in [-0.2, 0) is 11.4 Å². The van der Waals surface area contributed by atoms with Crippen LogP contribution in [0.3, 0.4) is 0 Å². The van der Waals surface area contributed by atoms with E-state index in [-0.39, 0.29) is 17.9 Å². The van der Waals surface area contributed by atoms with E-state index in [1.54, 1.807) is 6.07 Å². The second-order valence-corrected chi connectivity index (χ2v) is 5.14. The maximum absolute atomic E-state index is 11.7. The van der Waals surface area contributed by atoms with Crippen molar-refractivity contribution < 1.29 is 9.90 Å². The molecule has 16 heavy (non-hydrogen) atoms. The van der Waals surface area contributed by atoms with Crippen molar-refractivity contribution in [1.29, 1.82) is 0 Å². The van der Waals surface area contributed by atoms with Gasteiger partial charge in [-0.05, 0) is 23.1 Å². The van der Waals surface area contributed by atoms with Crippen LogP contribution in [0, 0.1) is 5.41 Å². The smallest absolute Gasteiger partial charge is 0.224 e. The minimum Gasteiger partial charge on any atom is -0.392 e. The SMILES string of the molecule is CC(C)(C)CC(=O)Nc1cccc(CO)c1. The lowest BCUT2D eigenvalue weighted by Gasteiger charge is -2.17. The van der Waals surface area contributed by atoms with Crippen LogP contribution in [0.5, 0.6) is 0 Å². The van der Waals surface area contributed by atoms with Gasteiger partial charge in [0.1, 0.15) is 0 Å². The first-order chi connectivity index (χ1) is 7.40. The number of anilines is 1. The molecule has 0 aliphatic carbocycles. The van der Waals surface area contributed by atoms with E-state index < -0.39 is 0 Å². The van der Waals surface area contributed by atoms with Crippen molar-refractivity contribution in [2.75, 3.05) is 5.32 Å². The zero-order valence-corrected chi connectivity index (χ0v) is 10.1. The van der Waals surface area contributed by atoms with Crippen molar-refractivity contribution in [3.63, 3.8) is 0 Å². The number of aliphatic hydroxyl groups excluding tert-OH is 1. The van der Waals surface area contributed by atoms with Gasteiger partial charge in [-0.25, -0.2) is 0 Å². The number of amides is 1. The molecule has 0 fully saturated rings. The molecule has 0 unspecified atom stereocenters. The molecule has 0 saturated carbocycles. The minimum absolute atomic E-state index is 0.00240. The summed E-state index contributed by atoms with van der Waals surface area (Å²) >= 11 is 0. The highest BCUT2D eigenvalue weighted by atomic mass is 16.3. The molecule has 1 aromatic carbocycles. The van der Waals surface area contributed by atoms with Crippen molar-refractivity contribution in [1.82, 2.24) is 0 Å². The number of aliphatic hydroxyl groups is 1. The van der Waals surface area contributed by atoms with Gasteiger partial charge in [0.2, 0.25) is 5.91 Å². The van der Waals surface area contributed by atoms with Crippen molar-refractivity contribution in [3.8, 4) is 0 Å². The van der Waals surface area contributed by atoms with Crippen molar-refractivity contribution in [2.45, 2.75) is 33.8 Å². The molecule has 0 aliphatic rings. The Bertz CT molecular complexity index is 366. The molecular weight excluding hydrogens is 202 g/mol. The fourth-order valence-electron chi connectivity index (χ4n) is 1.43. The molecule has 0 radical (unpaired) electrons. The van der Waals surface area contributed by atoms with Crippen LogP contribution in [0.4, 0.5) is 5.69 Å². The Morgan fingerprint density at radius 2 is 2.06 bits per heavy atom. The number of carbonyl (C=O) groups is 1. The average molecular weight is 221 g/mol. The van der Waals surface area contributed by atoms with Gasteiger partial charge in [-0.3, -0.25) is 4.79 Å². The first-order valence-corrected chi connectivity index (χ1v) is 5.40. The molecule has 1 amide bonds. The fraction of sp³-hybridized carbons (Fsp3) is 0.462. The summed E-state index contributed by atoms with van der Waals surface area (Å²) in [6.07, 6.45) is 0.482. The van der Waals surface area contributed by atoms with Crippen molar-refractivity contribution >= 4 is 11.6 Å². The zero-order chi connectivity index (χ0) is 12.2. The topological polar surface area (TPSA) is 49.3 Å². The quantitative estimate of drug-likeness (QED) is 0.824. The Labute approximate surface area is 96.5 Å². The standard InChI is InChI=1S/C13H19NO2/c1-13(2,3)8-12(16)14-11-6-4-5-10(7-11)9-15/h4-7,15H,8-9H2,1-3H3,(H,14,16). The number of carbonyl (C=O) groups excluding carboxylic acids is 1. The Hall–Kier alpha value is -1.35. The van der Waals surface area contributed by atoms with Gasteiger partial charge in [-0.2, -0.15) is 0 Å². The first kappa shape index (κ1) is 12.7. The lowest BCUT2D eigenvalue weighted by Crippen LogP contribution is -2.19. The molecule has 88 valence electrons. The second kappa shape index (κ2) is 5.12. The van der Waals surface area contributed by atoms with Crippen LogP contribution < -0.4 is 5.32 Å². The molecular formula is C13H19NO2. The summed E-state index contributed by atoms with van der Waals surface area (Å²) in [4.78, 5) is 11.7. The molecule has 1 rings (SSSR count). The second-order valence-electron chi connectivity index (χ2n) is 5.14. The van der Waals surface area contributed by atoms with Gasteiger partial charge >= 0.3 is 0 Å². The monoisotopic (exact) mass is 221 g/mol. The van der Waals surface area contributed by atoms with E-state index in [0.29, 0.717) is 6.42 Å². The molecule has 3 nitrogen and oxygen atoms in total. The normalized spacial score (nSPS) is 11.2. The van der Waals surface area contributed by atoms with Crippen LogP contribution in [-0.4, -0.2) is 11.0 Å². The lowest BCUT2D eigenvalue weighted by atomic mass is 9.92. The lowest BCUT2D eigenvalue weighted by molar-refractivity contribution is -0.117. The zero-order valence-electron chi connectivity index (χ0n) is 10.1. The third-order valence-corrected chi connectivity index (χ3v) is 2.08. The Balaban J connectivity index is 2.62. The number of nitrogens with one attached hydrogen (secondary N) is 1. The summed E-state index contributed by atoms with van der Waals surface area (Å²) in [5.41, 5.74) is 1.52. The van der Waals surface area contributed by atoms with Crippen LogP contribution in [0.2, 0.25) is 0 Å². The van der Waals surface area contributed by atoms with Crippen molar-refractivity contribution in [3.05, 3.63) is 29.8 Å². The third kappa shape index (κ3) is 4.45. The maximum Gasteiger partial charge on any atom is 0.224 e. The molecule has 0 heterocycles. The van der Waals surface area contributed by atoms with Crippen LogP contribution >= 0.6 is 0 Å². The van der Waals surface area contributed by atoms with E-state index in [0.717, 1.165) is 11.3 Å². The van der Waals surface area contributed by atoms with Gasteiger partial charge in [0.25, 0.3) is 0 Å². The molecule has 0 aromatic heterocycles. The summed E-state index contributed by atoms with van der Waals surface area (Å²) in [6, 6.07) is 7.23. The van der Waals surface area contributed by atoms with Crippen LogP contribution in [0.25, 0.3) is 0 Å². The first-order valence-electron chi connectivity index (χ1n) is 5.40. The summed E-state index contributed by atoms with van der Waals surface area (Å²) in [5.74, 6) is 0.00240. The number of hydrogen-bond donors (Lipinski definition) is 2. The predicted molar refractivity (Wildman–Crippen MR) is 65.1 cm³/mol. The largest absolute Gasteiger partial charge is 0.392 e. The fourth-order valence-corrected chi connectivity index (χ4v) is 1.43. The highest BCUT2D eigenvalue weighted by Gasteiger charge is 2.15. The molecule has 3 heteroatoms. The average Bonchev–Trinajstić information content (AvgIpc) is 2.15. The van der Waals surface area contributed by atoms with Gasteiger partial charge < -0.3 is 10.4 Å². The van der Waals surface area contributed by atoms with E-state index >= 15 is 0 Å². The Kier molecular flexibility index (Phi) is 4.07. The highest BCUT2D eigenvalue weighted by molar-refractivity contribution is 5.91. The highest BCUT2D eigenvalue weighted by Crippen LogP contribution is 2.19. The summed E-state index contributed by atoms with van der Waals surface area (Å²) in [5, 5.41) is 11.8. The number of hydrogen-bond acceptors (Lipinski definition) is 2. The van der Waals surface area contributed by atoms with Gasteiger partial charge in [0.15, 0.2) is 0 Å². The summed E-state index contributed by atoms with van der Waals surface area (Å²) < 4.78 is 0. The number of benzene rings is 1. The van der Waals surface area contributed by atoms with E-state index in [4.69, 9.17) is 5.11 Å². The molecule has 0 aliphatic heterocycles. The Morgan fingerprint density at radius 3 is 2.62 bits per heavy atom. The van der Waals surface area contributed by atoms with Crippen LogP contribution in [0.1, 0.15) is 32.8 Å². The minimum atomic E-state index is -0.0152. The van der Waals surface area contributed by atoms with E-state index in [9.17, 15) is 4.79 Å². The van der Waals surface area contributed by atoms with E-state index in [1.807, 2.05) is 39.0 Å². The summed E-state index contributed by atoms with van der Waals surface area (Å²) in [7, 11) is 0. The molecule has 1 aromatic rings. The third-order valence-electron chi connectivity index (χ3n) is 2.08. The molecule has 0 atom stereocenters. The molecule has 0 saturated heterocycles. The van der Waals surface area contributed by atoms with Gasteiger partial charge in [0.05, 0.1) is 6.61 Å². The van der Waals surface area contributed by atoms with E-state index in [2.05, 4.69) is 5.32 Å². The van der Waals surface area contributed by atoms with E-state index in [1.165, 1.54) is 0 Å². The van der Waals surface area contributed by atoms with Gasteiger partial charge in [0, 0.05) is 12.1 Å². The van der Waals surface area contributed by atoms with Gasteiger partial charge in [-0.1, -0.05) is 32.9 Å². The maximum atomic E-state index is 11.7. The molecule has 2 N–H and O–H groups in total. The van der Waals surface area contributed by atoms with Crippen LogP contribution in [0.15, 0.2) is 24.3 Å². The number of rotatable bonds is 3. The van der Waals surface area contributed by atoms with Gasteiger partial charge in [-0.15, -0.1) is 0 Å². The predicted octanol–water partition coefficient (Wildman–Crippen LogP) is 2.55. The molecule has 0 bridgehead atoms. The summed E-state index contributed by atoms with van der Waals surface area (Å²) in [6.45, 7) is 6.06.